The maximum absolute atomic E-state index is 3.44. The third-order valence-electron chi connectivity index (χ3n) is 3.67. The van der Waals surface area contributed by atoms with Crippen LogP contribution in [0.2, 0.25) is 0 Å². The summed E-state index contributed by atoms with van der Waals surface area (Å²) >= 11 is 1.82. The molecule has 0 aliphatic carbocycles. The van der Waals surface area contributed by atoms with E-state index in [2.05, 4.69) is 81.5 Å². The van der Waals surface area contributed by atoms with E-state index in [4.69, 9.17) is 0 Å². The van der Waals surface area contributed by atoms with Gasteiger partial charge < -0.3 is 5.32 Å². The van der Waals surface area contributed by atoms with Crippen molar-refractivity contribution in [3.63, 3.8) is 0 Å². The molecule has 1 nitrogen and oxygen atoms in total. The molecule has 2 rings (SSSR count). The van der Waals surface area contributed by atoms with Crippen LogP contribution in [0.25, 0.3) is 0 Å². The largest absolute Gasteiger partial charge is 0.310 e. The highest BCUT2D eigenvalue weighted by atomic mass is 32.2. The summed E-state index contributed by atoms with van der Waals surface area (Å²) < 4.78 is 0. The minimum Gasteiger partial charge on any atom is -0.310 e. The molecule has 0 fully saturated rings. The number of benzene rings is 2. The molecule has 0 saturated heterocycles. The Labute approximate surface area is 133 Å². The summed E-state index contributed by atoms with van der Waals surface area (Å²) in [4.78, 5) is 2.59. The first-order chi connectivity index (χ1) is 10.1. The van der Waals surface area contributed by atoms with Crippen LogP contribution in [0.15, 0.2) is 58.3 Å². The van der Waals surface area contributed by atoms with E-state index in [-0.39, 0.29) is 0 Å². The number of rotatable bonds is 6. The maximum atomic E-state index is 3.44. The van der Waals surface area contributed by atoms with E-state index in [1.54, 1.807) is 0 Å². The molecular weight excluding hydrogens is 274 g/mol. The number of nitrogens with one attached hydrogen (secondary N) is 1. The van der Waals surface area contributed by atoms with E-state index in [0.717, 1.165) is 6.54 Å². The van der Waals surface area contributed by atoms with Crippen molar-refractivity contribution in [3.05, 3.63) is 59.7 Å². The molecule has 1 atom stereocenters. The predicted octanol–water partition coefficient (Wildman–Crippen LogP) is 5.63. The van der Waals surface area contributed by atoms with Crippen LogP contribution in [0.3, 0.4) is 0 Å². The van der Waals surface area contributed by atoms with Gasteiger partial charge >= 0.3 is 0 Å². The molecule has 2 aromatic carbocycles. The standard InChI is InChI=1S/C19H25NS/c1-5-20-15(4)17-8-12-19(13-9-17)21-18-10-6-16(7-11-18)14(2)3/h6-15,20H,5H2,1-4H3. The number of hydrogen-bond acceptors (Lipinski definition) is 2. The molecular formula is C19H25NS. The predicted molar refractivity (Wildman–Crippen MR) is 93.2 cm³/mol. The van der Waals surface area contributed by atoms with Crippen molar-refractivity contribution < 1.29 is 0 Å². The van der Waals surface area contributed by atoms with Crippen LogP contribution < -0.4 is 5.32 Å². The topological polar surface area (TPSA) is 12.0 Å². The summed E-state index contributed by atoms with van der Waals surface area (Å²) in [5, 5.41) is 3.44. The lowest BCUT2D eigenvalue weighted by atomic mass is 10.0. The van der Waals surface area contributed by atoms with Gasteiger partial charge in [0.1, 0.15) is 0 Å². The van der Waals surface area contributed by atoms with Gasteiger partial charge in [0.2, 0.25) is 0 Å². The zero-order chi connectivity index (χ0) is 15.2. The van der Waals surface area contributed by atoms with Crippen molar-refractivity contribution in [2.75, 3.05) is 6.54 Å². The Kier molecular flexibility index (Phi) is 5.89. The molecule has 0 amide bonds. The third kappa shape index (κ3) is 4.62. The van der Waals surface area contributed by atoms with Crippen LogP contribution in [0.4, 0.5) is 0 Å². The minimum absolute atomic E-state index is 0.416. The Morgan fingerprint density at radius 2 is 1.29 bits per heavy atom. The van der Waals surface area contributed by atoms with E-state index in [1.807, 2.05) is 11.8 Å². The van der Waals surface area contributed by atoms with Crippen LogP contribution >= 0.6 is 11.8 Å². The fraction of sp³-hybridized carbons (Fsp3) is 0.368. The molecule has 1 unspecified atom stereocenters. The molecule has 0 heterocycles. The first kappa shape index (κ1) is 16.1. The molecule has 0 aliphatic rings. The van der Waals surface area contributed by atoms with Gasteiger partial charge in [-0.05, 0) is 54.8 Å². The quantitative estimate of drug-likeness (QED) is 0.741. The molecule has 112 valence electrons. The van der Waals surface area contributed by atoms with Crippen molar-refractivity contribution in [2.45, 2.75) is 49.4 Å². The van der Waals surface area contributed by atoms with Gasteiger partial charge in [0.15, 0.2) is 0 Å². The molecule has 21 heavy (non-hydrogen) atoms. The molecule has 0 bridgehead atoms. The molecule has 0 radical (unpaired) electrons. The molecule has 2 aromatic rings. The Balaban J connectivity index is 2.02. The van der Waals surface area contributed by atoms with Crippen molar-refractivity contribution in [2.24, 2.45) is 0 Å². The lowest BCUT2D eigenvalue weighted by molar-refractivity contribution is 0.598. The Morgan fingerprint density at radius 3 is 1.71 bits per heavy atom. The second-order valence-corrected chi connectivity index (χ2v) is 6.82. The van der Waals surface area contributed by atoms with E-state index in [0.29, 0.717) is 12.0 Å². The van der Waals surface area contributed by atoms with Crippen LogP contribution in [0.1, 0.15) is 50.8 Å². The summed E-state index contributed by atoms with van der Waals surface area (Å²) in [5.74, 6) is 0.593. The summed E-state index contributed by atoms with van der Waals surface area (Å²) in [7, 11) is 0. The normalized spacial score (nSPS) is 12.6. The van der Waals surface area contributed by atoms with E-state index in [1.165, 1.54) is 20.9 Å². The Hall–Kier alpha value is -1.25. The van der Waals surface area contributed by atoms with Gasteiger partial charge in [-0.25, -0.2) is 0 Å². The van der Waals surface area contributed by atoms with Crippen LogP contribution in [-0.2, 0) is 0 Å². The lowest BCUT2D eigenvalue weighted by Gasteiger charge is -2.13. The second-order valence-electron chi connectivity index (χ2n) is 5.67. The fourth-order valence-electron chi connectivity index (χ4n) is 2.31. The molecule has 0 aromatic heterocycles. The monoisotopic (exact) mass is 299 g/mol. The SMILES string of the molecule is CCNC(C)c1ccc(Sc2ccc(C(C)C)cc2)cc1. The summed E-state index contributed by atoms with van der Waals surface area (Å²) in [5.41, 5.74) is 2.74. The van der Waals surface area contributed by atoms with E-state index < -0.39 is 0 Å². The van der Waals surface area contributed by atoms with Crippen molar-refractivity contribution in [3.8, 4) is 0 Å². The molecule has 2 heteroatoms. The number of hydrogen-bond donors (Lipinski definition) is 1. The highest BCUT2D eigenvalue weighted by Crippen LogP contribution is 2.29. The van der Waals surface area contributed by atoms with Crippen molar-refractivity contribution >= 4 is 11.8 Å². The van der Waals surface area contributed by atoms with Gasteiger partial charge in [0.25, 0.3) is 0 Å². The summed E-state index contributed by atoms with van der Waals surface area (Å²) in [6.07, 6.45) is 0. The van der Waals surface area contributed by atoms with Gasteiger partial charge in [-0.3, -0.25) is 0 Å². The highest BCUT2D eigenvalue weighted by molar-refractivity contribution is 7.99. The van der Waals surface area contributed by atoms with Gasteiger partial charge in [0.05, 0.1) is 0 Å². The molecule has 0 saturated carbocycles. The van der Waals surface area contributed by atoms with Gasteiger partial charge in [-0.15, -0.1) is 0 Å². The van der Waals surface area contributed by atoms with Gasteiger partial charge in [-0.2, -0.15) is 0 Å². The maximum Gasteiger partial charge on any atom is 0.0291 e. The van der Waals surface area contributed by atoms with Gasteiger partial charge in [-0.1, -0.05) is 56.8 Å². The van der Waals surface area contributed by atoms with Crippen molar-refractivity contribution in [1.29, 1.82) is 0 Å². The zero-order valence-corrected chi connectivity index (χ0v) is 14.2. The second kappa shape index (κ2) is 7.67. The minimum atomic E-state index is 0.416. The highest BCUT2D eigenvalue weighted by Gasteiger charge is 2.04. The lowest BCUT2D eigenvalue weighted by Crippen LogP contribution is -2.17. The first-order valence-corrected chi connectivity index (χ1v) is 8.53. The van der Waals surface area contributed by atoms with Gasteiger partial charge in [0, 0.05) is 15.8 Å². The summed E-state index contributed by atoms with van der Waals surface area (Å²) in [6.45, 7) is 9.80. The van der Waals surface area contributed by atoms with Crippen LogP contribution in [-0.4, -0.2) is 6.54 Å². The molecule has 1 N–H and O–H groups in total. The average Bonchev–Trinajstić information content (AvgIpc) is 2.49. The van der Waals surface area contributed by atoms with Crippen molar-refractivity contribution in [1.82, 2.24) is 5.32 Å². The van der Waals surface area contributed by atoms with E-state index in [9.17, 15) is 0 Å². The molecule has 0 spiro atoms. The van der Waals surface area contributed by atoms with Crippen LogP contribution in [0.5, 0.6) is 0 Å². The first-order valence-electron chi connectivity index (χ1n) is 7.71. The average molecular weight is 299 g/mol. The zero-order valence-electron chi connectivity index (χ0n) is 13.4. The van der Waals surface area contributed by atoms with E-state index >= 15 is 0 Å². The van der Waals surface area contributed by atoms with Crippen LogP contribution in [0, 0.1) is 0 Å². The summed E-state index contributed by atoms with van der Waals surface area (Å²) in [6, 6.07) is 18.2. The molecule has 0 aliphatic heterocycles. The Morgan fingerprint density at radius 1 is 0.810 bits per heavy atom. The Bertz CT molecular complexity index is 543. The fourth-order valence-corrected chi connectivity index (χ4v) is 3.12. The third-order valence-corrected chi connectivity index (χ3v) is 4.69. The smallest absolute Gasteiger partial charge is 0.0291 e.